The molecular formula is C15H19N3OS. The Labute approximate surface area is 123 Å². The van der Waals surface area contributed by atoms with Crippen molar-refractivity contribution in [1.29, 1.82) is 0 Å². The zero-order chi connectivity index (χ0) is 14.4. The van der Waals surface area contributed by atoms with Crippen LogP contribution >= 0.6 is 11.3 Å². The minimum absolute atomic E-state index is 0.0234. The molecule has 1 aromatic heterocycles. The molecule has 3 N–H and O–H groups in total. The van der Waals surface area contributed by atoms with Gasteiger partial charge in [-0.25, -0.2) is 4.98 Å². The van der Waals surface area contributed by atoms with Crippen LogP contribution in [0.25, 0.3) is 0 Å². The van der Waals surface area contributed by atoms with Gasteiger partial charge in [-0.15, -0.1) is 11.3 Å². The molecule has 0 aliphatic rings. The second-order valence-corrected chi connectivity index (χ2v) is 5.72. The SMILES string of the molecule is CC(CNC(=O)CC(N)c1ccccc1)c1nccs1. The molecule has 0 radical (unpaired) electrons. The smallest absolute Gasteiger partial charge is 0.221 e. The molecule has 5 heteroatoms. The number of nitrogens with two attached hydrogens (primary N) is 1. The van der Waals surface area contributed by atoms with Gasteiger partial charge in [0.2, 0.25) is 5.91 Å². The highest BCUT2D eigenvalue weighted by Crippen LogP contribution is 2.17. The van der Waals surface area contributed by atoms with Crippen LogP contribution in [-0.4, -0.2) is 17.4 Å². The number of amides is 1. The number of hydrogen-bond donors (Lipinski definition) is 2. The lowest BCUT2D eigenvalue weighted by molar-refractivity contribution is -0.121. The Hall–Kier alpha value is -1.72. The predicted octanol–water partition coefficient (Wildman–Crippen LogP) is 2.45. The molecule has 0 saturated carbocycles. The minimum Gasteiger partial charge on any atom is -0.355 e. The molecule has 0 bridgehead atoms. The summed E-state index contributed by atoms with van der Waals surface area (Å²) in [6.45, 7) is 2.64. The van der Waals surface area contributed by atoms with Gasteiger partial charge in [-0.05, 0) is 5.56 Å². The Bertz CT molecular complexity index is 527. The fraction of sp³-hybridized carbons (Fsp3) is 0.333. The molecule has 4 nitrogen and oxygen atoms in total. The fourth-order valence-corrected chi connectivity index (χ4v) is 2.62. The van der Waals surface area contributed by atoms with Gasteiger partial charge in [0, 0.05) is 36.5 Å². The van der Waals surface area contributed by atoms with Crippen LogP contribution in [0.15, 0.2) is 41.9 Å². The third-order valence-electron chi connectivity index (χ3n) is 3.11. The molecule has 2 rings (SSSR count). The van der Waals surface area contributed by atoms with E-state index >= 15 is 0 Å². The average molecular weight is 289 g/mol. The third-order valence-corrected chi connectivity index (χ3v) is 4.12. The second-order valence-electron chi connectivity index (χ2n) is 4.80. The summed E-state index contributed by atoms with van der Waals surface area (Å²) in [4.78, 5) is 16.1. The van der Waals surface area contributed by atoms with Crippen molar-refractivity contribution in [3.63, 3.8) is 0 Å². The van der Waals surface area contributed by atoms with Crippen molar-refractivity contribution < 1.29 is 4.79 Å². The number of carbonyl (C=O) groups is 1. The zero-order valence-corrected chi connectivity index (χ0v) is 12.3. The lowest BCUT2D eigenvalue weighted by atomic mass is 10.0. The van der Waals surface area contributed by atoms with E-state index < -0.39 is 0 Å². The molecular weight excluding hydrogens is 270 g/mol. The number of hydrogen-bond acceptors (Lipinski definition) is 4. The van der Waals surface area contributed by atoms with Gasteiger partial charge in [0.05, 0.1) is 5.01 Å². The van der Waals surface area contributed by atoms with Gasteiger partial charge in [-0.3, -0.25) is 4.79 Å². The summed E-state index contributed by atoms with van der Waals surface area (Å²) >= 11 is 1.61. The molecule has 1 heterocycles. The van der Waals surface area contributed by atoms with Crippen LogP contribution in [0.3, 0.4) is 0 Å². The van der Waals surface area contributed by atoms with E-state index in [0.717, 1.165) is 10.6 Å². The molecule has 2 aromatic rings. The first-order valence-corrected chi connectivity index (χ1v) is 7.51. The Balaban J connectivity index is 1.78. The number of aromatic nitrogens is 1. The van der Waals surface area contributed by atoms with Gasteiger partial charge in [0.25, 0.3) is 0 Å². The Morgan fingerprint density at radius 3 is 2.80 bits per heavy atom. The first-order chi connectivity index (χ1) is 9.66. The van der Waals surface area contributed by atoms with E-state index in [-0.39, 0.29) is 17.9 Å². The third kappa shape index (κ3) is 4.15. The molecule has 0 saturated heterocycles. The van der Waals surface area contributed by atoms with Crippen molar-refractivity contribution in [2.24, 2.45) is 5.73 Å². The summed E-state index contributed by atoms with van der Waals surface area (Å²) in [7, 11) is 0. The maximum atomic E-state index is 11.9. The topological polar surface area (TPSA) is 68.0 Å². The Morgan fingerprint density at radius 2 is 2.15 bits per heavy atom. The van der Waals surface area contributed by atoms with Gasteiger partial charge in [0.1, 0.15) is 0 Å². The lowest BCUT2D eigenvalue weighted by Gasteiger charge is -2.14. The van der Waals surface area contributed by atoms with Crippen molar-refractivity contribution in [3.8, 4) is 0 Å². The summed E-state index contributed by atoms with van der Waals surface area (Å²) in [5.41, 5.74) is 7.01. The van der Waals surface area contributed by atoms with E-state index in [1.807, 2.05) is 35.7 Å². The maximum absolute atomic E-state index is 11.9. The van der Waals surface area contributed by atoms with E-state index in [2.05, 4.69) is 17.2 Å². The quantitative estimate of drug-likeness (QED) is 0.858. The standard InChI is InChI=1S/C15H19N3OS/c1-11(15-17-7-8-20-15)10-18-14(19)9-13(16)12-5-3-2-4-6-12/h2-8,11,13H,9-10,16H2,1H3,(H,18,19). The number of nitrogens with zero attached hydrogens (tertiary/aromatic N) is 1. The molecule has 0 spiro atoms. The molecule has 1 amide bonds. The molecule has 2 unspecified atom stereocenters. The van der Waals surface area contributed by atoms with Crippen LogP contribution < -0.4 is 11.1 Å². The van der Waals surface area contributed by atoms with Crippen molar-refractivity contribution in [1.82, 2.24) is 10.3 Å². The van der Waals surface area contributed by atoms with E-state index in [0.29, 0.717) is 13.0 Å². The minimum atomic E-state index is -0.258. The average Bonchev–Trinajstić information content (AvgIpc) is 3.00. The number of thiazole rings is 1. The fourth-order valence-electron chi connectivity index (χ4n) is 1.92. The van der Waals surface area contributed by atoms with Crippen LogP contribution in [0.4, 0.5) is 0 Å². The normalized spacial score (nSPS) is 13.7. The van der Waals surface area contributed by atoms with Crippen LogP contribution in [0.2, 0.25) is 0 Å². The van der Waals surface area contributed by atoms with E-state index in [9.17, 15) is 4.79 Å². The van der Waals surface area contributed by atoms with Crippen molar-refractivity contribution >= 4 is 17.2 Å². The molecule has 2 atom stereocenters. The highest BCUT2D eigenvalue weighted by atomic mass is 32.1. The summed E-state index contributed by atoms with van der Waals surface area (Å²) in [5.74, 6) is 0.205. The summed E-state index contributed by atoms with van der Waals surface area (Å²) < 4.78 is 0. The predicted molar refractivity (Wildman–Crippen MR) is 81.5 cm³/mol. The van der Waals surface area contributed by atoms with Crippen LogP contribution in [0, 0.1) is 0 Å². The maximum Gasteiger partial charge on any atom is 0.221 e. The lowest BCUT2D eigenvalue weighted by Crippen LogP contribution is -2.30. The van der Waals surface area contributed by atoms with Crippen molar-refractivity contribution in [2.75, 3.05) is 6.54 Å². The molecule has 0 aliphatic carbocycles. The highest BCUT2D eigenvalue weighted by molar-refractivity contribution is 7.09. The van der Waals surface area contributed by atoms with Crippen LogP contribution in [0.1, 0.15) is 35.9 Å². The number of carbonyl (C=O) groups excluding carboxylic acids is 1. The monoisotopic (exact) mass is 289 g/mol. The Morgan fingerprint density at radius 1 is 1.40 bits per heavy atom. The zero-order valence-electron chi connectivity index (χ0n) is 11.5. The number of nitrogens with one attached hydrogen (secondary N) is 1. The van der Waals surface area contributed by atoms with Crippen LogP contribution in [0.5, 0.6) is 0 Å². The molecule has 0 aliphatic heterocycles. The van der Waals surface area contributed by atoms with E-state index in [1.165, 1.54) is 0 Å². The Kier molecular flexibility index (Phi) is 5.26. The first-order valence-electron chi connectivity index (χ1n) is 6.63. The van der Waals surface area contributed by atoms with Gasteiger partial charge in [-0.1, -0.05) is 37.3 Å². The van der Waals surface area contributed by atoms with Gasteiger partial charge < -0.3 is 11.1 Å². The summed E-state index contributed by atoms with van der Waals surface area (Å²) in [6.07, 6.45) is 2.08. The van der Waals surface area contributed by atoms with Crippen LogP contribution in [-0.2, 0) is 4.79 Å². The number of rotatable bonds is 6. The van der Waals surface area contributed by atoms with Gasteiger partial charge in [-0.2, -0.15) is 0 Å². The van der Waals surface area contributed by atoms with Gasteiger partial charge in [0.15, 0.2) is 0 Å². The highest BCUT2D eigenvalue weighted by Gasteiger charge is 2.13. The molecule has 0 fully saturated rings. The molecule has 1 aromatic carbocycles. The summed E-state index contributed by atoms with van der Waals surface area (Å²) in [6, 6.07) is 9.42. The number of benzene rings is 1. The first kappa shape index (κ1) is 14.7. The van der Waals surface area contributed by atoms with Gasteiger partial charge >= 0.3 is 0 Å². The van der Waals surface area contributed by atoms with E-state index in [1.54, 1.807) is 17.5 Å². The molecule has 106 valence electrons. The largest absolute Gasteiger partial charge is 0.355 e. The van der Waals surface area contributed by atoms with Crippen molar-refractivity contribution in [3.05, 3.63) is 52.5 Å². The second kappa shape index (κ2) is 7.17. The van der Waals surface area contributed by atoms with E-state index in [4.69, 9.17) is 5.73 Å². The molecule has 20 heavy (non-hydrogen) atoms. The van der Waals surface area contributed by atoms with Crippen molar-refractivity contribution in [2.45, 2.75) is 25.3 Å². The summed E-state index contributed by atoms with van der Waals surface area (Å²) in [5, 5.41) is 5.90.